The van der Waals surface area contributed by atoms with Gasteiger partial charge < -0.3 is 10.2 Å². The average Bonchev–Trinajstić information content (AvgIpc) is 3.07. The molecule has 252 valence electrons. The summed E-state index contributed by atoms with van der Waals surface area (Å²) < 4.78 is 29.9. The van der Waals surface area contributed by atoms with Crippen molar-refractivity contribution in [1.29, 1.82) is 0 Å². The maximum atomic E-state index is 14.8. The number of aryl methyl sites for hydroxylation is 3. The summed E-state index contributed by atoms with van der Waals surface area (Å²) in [5.74, 6) is -0.768. The van der Waals surface area contributed by atoms with Gasteiger partial charge in [-0.25, -0.2) is 8.42 Å². The van der Waals surface area contributed by atoms with E-state index in [-0.39, 0.29) is 29.8 Å². The summed E-state index contributed by atoms with van der Waals surface area (Å²) in [5.41, 5.74) is 4.55. The lowest BCUT2D eigenvalue weighted by Gasteiger charge is -2.35. The Morgan fingerprint density at radius 1 is 0.833 bits per heavy atom. The van der Waals surface area contributed by atoms with Gasteiger partial charge in [-0.2, -0.15) is 0 Å². The Morgan fingerprint density at radius 3 is 2.15 bits per heavy atom. The zero-order valence-electron chi connectivity index (χ0n) is 27.9. The van der Waals surface area contributed by atoms with E-state index in [9.17, 15) is 18.0 Å². The first-order chi connectivity index (χ1) is 23.0. The number of hydrogen-bond donors (Lipinski definition) is 1. The van der Waals surface area contributed by atoms with Crippen LogP contribution in [0.5, 0.6) is 0 Å². The summed E-state index contributed by atoms with van der Waals surface area (Å²) in [5, 5.41) is 3.70. The molecule has 0 aliphatic heterocycles. The third-order valence-corrected chi connectivity index (χ3v) is 11.2. The standard InChI is InChI=1S/C39H44ClN3O4S/c1-28-18-21-34(22-19-28)48(46,47)43(36-23-20-29(2)24-30(36)3)27-38(44)42(26-32-14-10-11-17-35(32)40)37(25-31-12-6-4-7-13-31)39(45)41-33-15-8-5-9-16-33/h4,6-7,10-14,17-24,33,37H,5,8-9,15-16,25-27H2,1-3H3,(H,41,45)/t37-/m1/s1. The summed E-state index contributed by atoms with van der Waals surface area (Å²) in [7, 11) is -4.18. The minimum absolute atomic E-state index is 0.0235. The van der Waals surface area contributed by atoms with Crippen LogP contribution in [-0.2, 0) is 32.6 Å². The third kappa shape index (κ3) is 8.65. The van der Waals surface area contributed by atoms with Crippen LogP contribution in [0.4, 0.5) is 5.69 Å². The molecule has 1 saturated carbocycles. The van der Waals surface area contributed by atoms with Gasteiger partial charge in [0.1, 0.15) is 12.6 Å². The highest BCUT2D eigenvalue weighted by Gasteiger charge is 2.36. The molecule has 0 radical (unpaired) electrons. The van der Waals surface area contributed by atoms with Crippen molar-refractivity contribution >= 4 is 39.1 Å². The van der Waals surface area contributed by atoms with Crippen LogP contribution in [0.15, 0.2) is 102 Å². The van der Waals surface area contributed by atoms with Crippen LogP contribution in [0.2, 0.25) is 5.02 Å². The van der Waals surface area contributed by atoms with Crippen molar-refractivity contribution in [3.05, 3.63) is 130 Å². The lowest BCUT2D eigenvalue weighted by atomic mass is 9.94. The van der Waals surface area contributed by atoms with Gasteiger partial charge in [0.2, 0.25) is 11.8 Å². The molecule has 0 bridgehead atoms. The molecule has 1 fully saturated rings. The molecule has 4 aromatic carbocycles. The predicted molar refractivity (Wildman–Crippen MR) is 193 cm³/mol. The number of sulfonamides is 1. The van der Waals surface area contributed by atoms with Gasteiger partial charge in [0.15, 0.2) is 0 Å². The average molecular weight is 686 g/mol. The lowest BCUT2D eigenvalue weighted by molar-refractivity contribution is -0.140. The molecule has 0 unspecified atom stereocenters. The van der Waals surface area contributed by atoms with Gasteiger partial charge >= 0.3 is 0 Å². The van der Waals surface area contributed by atoms with Crippen LogP contribution in [0, 0.1) is 20.8 Å². The molecule has 1 N–H and O–H groups in total. The van der Waals surface area contributed by atoms with E-state index < -0.39 is 28.5 Å². The van der Waals surface area contributed by atoms with Gasteiger partial charge in [-0.1, -0.05) is 115 Å². The van der Waals surface area contributed by atoms with Crippen molar-refractivity contribution < 1.29 is 18.0 Å². The second-order valence-corrected chi connectivity index (χ2v) is 15.0. The summed E-state index contributed by atoms with van der Waals surface area (Å²) in [6.45, 7) is 5.18. The topological polar surface area (TPSA) is 86.8 Å². The molecule has 5 rings (SSSR count). The van der Waals surface area contributed by atoms with Gasteiger partial charge in [-0.15, -0.1) is 0 Å². The Balaban J connectivity index is 1.59. The van der Waals surface area contributed by atoms with Gasteiger partial charge in [-0.3, -0.25) is 13.9 Å². The van der Waals surface area contributed by atoms with E-state index in [4.69, 9.17) is 11.6 Å². The van der Waals surface area contributed by atoms with E-state index in [1.165, 1.54) is 9.21 Å². The second kappa shape index (κ2) is 15.8. The highest BCUT2D eigenvalue weighted by molar-refractivity contribution is 7.92. The van der Waals surface area contributed by atoms with Crippen LogP contribution < -0.4 is 9.62 Å². The lowest BCUT2D eigenvalue weighted by Crippen LogP contribution is -2.55. The quantitative estimate of drug-likeness (QED) is 0.167. The van der Waals surface area contributed by atoms with Gasteiger partial charge in [0, 0.05) is 24.0 Å². The van der Waals surface area contributed by atoms with Gasteiger partial charge in [-0.05, 0) is 74.6 Å². The monoisotopic (exact) mass is 685 g/mol. The first kappa shape index (κ1) is 35.2. The summed E-state index contributed by atoms with van der Waals surface area (Å²) in [6.07, 6.45) is 5.25. The Morgan fingerprint density at radius 2 is 1.48 bits per heavy atom. The molecule has 1 aliphatic carbocycles. The molecule has 4 aromatic rings. The first-order valence-corrected chi connectivity index (χ1v) is 18.4. The summed E-state index contributed by atoms with van der Waals surface area (Å²) in [6, 6.07) is 28.0. The number of hydrogen-bond acceptors (Lipinski definition) is 4. The zero-order chi connectivity index (χ0) is 34.3. The van der Waals surface area contributed by atoms with Crippen LogP contribution >= 0.6 is 11.6 Å². The highest BCUT2D eigenvalue weighted by atomic mass is 35.5. The molecule has 2 amide bonds. The molecule has 48 heavy (non-hydrogen) atoms. The minimum Gasteiger partial charge on any atom is -0.352 e. The van der Waals surface area contributed by atoms with Crippen LogP contribution in [0.25, 0.3) is 0 Å². The number of rotatable bonds is 12. The predicted octanol–water partition coefficient (Wildman–Crippen LogP) is 7.55. The third-order valence-electron chi connectivity index (χ3n) is 9.03. The number of benzene rings is 4. The van der Waals surface area contributed by atoms with Crippen molar-refractivity contribution in [3.63, 3.8) is 0 Å². The summed E-state index contributed by atoms with van der Waals surface area (Å²) in [4.78, 5) is 30.6. The number of carbonyl (C=O) groups is 2. The molecule has 7 nitrogen and oxygen atoms in total. The Hall–Kier alpha value is -4.14. The van der Waals surface area contributed by atoms with E-state index in [0.29, 0.717) is 21.8 Å². The second-order valence-electron chi connectivity index (χ2n) is 12.8. The fourth-order valence-electron chi connectivity index (χ4n) is 6.34. The zero-order valence-corrected chi connectivity index (χ0v) is 29.4. The van der Waals surface area contributed by atoms with Crippen LogP contribution in [0.1, 0.15) is 59.9 Å². The smallest absolute Gasteiger partial charge is 0.264 e. The van der Waals surface area contributed by atoms with Crippen molar-refractivity contribution in [2.45, 2.75) is 82.8 Å². The fraction of sp³-hybridized carbons (Fsp3) is 0.333. The first-order valence-electron chi connectivity index (χ1n) is 16.6. The normalized spacial score (nSPS) is 14.2. The highest BCUT2D eigenvalue weighted by Crippen LogP contribution is 2.29. The number of amides is 2. The molecule has 1 atom stereocenters. The molecule has 9 heteroatoms. The van der Waals surface area contributed by atoms with Crippen LogP contribution in [-0.4, -0.2) is 43.8 Å². The Labute approximate surface area is 290 Å². The fourth-order valence-corrected chi connectivity index (χ4v) is 8.02. The molecule has 0 aromatic heterocycles. The number of nitrogens with one attached hydrogen (secondary N) is 1. The van der Waals surface area contributed by atoms with E-state index in [0.717, 1.165) is 48.8 Å². The maximum Gasteiger partial charge on any atom is 0.264 e. The molecular weight excluding hydrogens is 642 g/mol. The summed E-state index contributed by atoms with van der Waals surface area (Å²) >= 11 is 6.63. The van der Waals surface area contributed by atoms with E-state index in [1.807, 2.05) is 81.4 Å². The van der Waals surface area contributed by atoms with Gasteiger partial charge in [0.25, 0.3) is 10.0 Å². The Kier molecular flexibility index (Phi) is 11.6. The number of anilines is 1. The largest absolute Gasteiger partial charge is 0.352 e. The molecular formula is C39H44ClN3O4S. The van der Waals surface area contributed by atoms with Crippen molar-refractivity contribution in [3.8, 4) is 0 Å². The Bertz CT molecular complexity index is 1820. The maximum absolute atomic E-state index is 14.8. The number of carbonyl (C=O) groups excluding carboxylic acids is 2. The number of halogens is 1. The molecule has 0 heterocycles. The van der Waals surface area contributed by atoms with Gasteiger partial charge in [0.05, 0.1) is 10.6 Å². The van der Waals surface area contributed by atoms with E-state index in [1.54, 1.807) is 36.4 Å². The molecule has 0 saturated heterocycles. The van der Waals surface area contributed by atoms with Crippen LogP contribution in [0.3, 0.4) is 0 Å². The molecule has 0 spiro atoms. The van der Waals surface area contributed by atoms with Crippen molar-refractivity contribution in [2.75, 3.05) is 10.8 Å². The van der Waals surface area contributed by atoms with Crippen molar-refractivity contribution in [1.82, 2.24) is 10.2 Å². The van der Waals surface area contributed by atoms with E-state index in [2.05, 4.69) is 5.32 Å². The SMILES string of the molecule is Cc1ccc(S(=O)(=O)N(CC(=O)N(Cc2ccccc2Cl)[C@H](Cc2ccccc2)C(=O)NC2CCCCC2)c2ccc(C)cc2C)cc1. The van der Waals surface area contributed by atoms with E-state index >= 15 is 0 Å². The number of nitrogens with zero attached hydrogens (tertiary/aromatic N) is 2. The van der Waals surface area contributed by atoms with Crippen molar-refractivity contribution in [2.24, 2.45) is 0 Å². The minimum atomic E-state index is -4.18. The molecule has 1 aliphatic rings.